The summed E-state index contributed by atoms with van der Waals surface area (Å²) in [5, 5.41) is 8.40. The van der Waals surface area contributed by atoms with Gasteiger partial charge in [-0.05, 0) is 73.5 Å². The number of thiophene rings is 1. The van der Waals surface area contributed by atoms with Crippen LogP contribution in [-0.2, 0) is 11.2 Å². The fourth-order valence-corrected chi connectivity index (χ4v) is 4.86. The average molecular weight is 441 g/mol. The maximum absolute atomic E-state index is 12.2. The van der Waals surface area contributed by atoms with Crippen molar-refractivity contribution in [2.45, 2.75) is 25.2 Å². The molecular formula is C23H28N4O3S. The Hall–Kier alpha value is -2.84. The molecule has 0 unspecified atom stereocenters. The fraction of sp³-hybridized carbons (Fsp3) is 0.391. The molecule has 0 saturated carbocycles. The van der Waals surface area contributed by atoms with Gasteiger partial charge >= 0.3 is 6.03 Å². The molecule has 0 radical (unpaired) electrons. The predicted molar refractivity (Wildman–Crippen MR) is 123 cm³/mol. The number of methoxy groups -OCH3 is 1. The van der Waals surface area contributed by atoms with E-state index in [1.807, 2.05) is 29.6 Å². The second-order valence-electron chi connectivity index (χ2n) is 7.84. The number of ether oxygens (including phenoxy) is 1. The number of carbonyl (C=O) groups excluding carboxylic acids is 2. The first-order valence-electron chi connectivity index (χ1n) is 10.6. The summed E-state index contributed by atoms with van der Waals surface area (Å²) in [6.45, 7) is 2.41. The Bertz CT molecular complexity index is 1020. The van der Waals surface area contributed by atoms with Gasteiger partial charge in [0.2, 0.25) is 5.91 Å². The Morgan fingerprint density at radius 3 is 2.84 bits per heavy atom. The Morgan fingerprint density at radius 2 is 2.10 bits per heavy atom. The second kappa shape index (κ2) is 9.98. The van der Waals surface area contributed by atoms with Crippen LogP contribution >= 0.6 is 11.3 Å². The molecule has 0 spiro atoms. The van der Waals surface area contributed by atoms with Crippen LogP contribution in [0.1, 0.15) is 29.2 Å². The highest BCUT2D eigenvalue weighted by Crippen LogP contribution is 2.34. The van der Waals surface area contributed by atoms with E-state index in [4.69, 9.17) is 4.74 Å². The number of aromatic nitrogens is 1. The van der Waals surface area contributed by atoms with Gasteiger partial charge in [0.1, 0.15) is 5.75 Å². The van der Waals surface area contributed by atoms with Crippen molar-refractivity contribution in [1.29, 1.82) is 0 Å². The standard InChI is InChI=1S/C23H28N4O3S/c1-30-17-4-5-21-19(13-17)20(14-25-21)16-7-10-27(11-8-16)15-22(28)26-23(29)24-9-6-18-3-2-12-31-18/h2-5,12-14,16,25H,6-11,15H2,1H3,(H2,24,26,28,29). The number of H-pyrrole nitrogens is 1. The number of amides is 3. The van der Waals surface area contributed by atoms with E-state index in [0.717, 1.165) is 43.6 Å². The average Bonchev–Trinajstić information content (AvgIpc) is 3.43. The fourth-order valence-electron chi connectivity index (χ4n) is 4.16. The van der Waals surface area contributed by atoms with E-state index < -0.39 is 6.03 Å². The third-order valence-electron chi connectivity index (χ3n) is 5.81. The summed E-state index contributed by atoms with van der Waals surface area (Å²) < 4.78 is 5.37. The van der Waals surface area contributed by atoms with Crippen LogP contribution in [0.5, 0.6) is 5.75 Å². The summed E-state index contributed by atoms with van der Waals surface area (Å²) in [5.74, 6) is 1.04. The summed E-state index contributed by atoms with van der Waals surface area (Å²) in [5.41, 5.74) is 2.42. The van der Waals surface area contributed by atoms with Crippen molar-refractivity contribution in [3.05, 3.63) is 52.3 Å². The maximum atomic E-state index is 12.2. The lowest BCUT2D eigenvalue weighted by molar-refractivity contribution is -0.121. The smallest absolute Gasteiger partial charge is 0.321 e. The Balaban J connectivity index is 1.22. The van der Waals surface area contributed by atoms with Gasteiger partial charge in [-0.1, -0.05) is 6.07 Å². The molecule has 3 aromatic rings. The van der Waals surface area contributed by atoms with Crippen LogP contribution in [0.2, 0.25) is 0 Å². The maximum Gasteiger partial charge on any atom is 0.321 e. The normalized spacial score (nSPS) is 15.1. The van der Waals surface area contributed by atoms with Crippen molar-refractivity contribution in [3.8, 4) is 5.75 Å². The van der Waals surface area contributed by atoms with E-state index in [1.54, 1.807) is 18.4 Å². The van der Waals surface area contributed by atoms with Crippen LogP contribution in [0.15, 0.2) is 41.9 Å². The van der Waals surface area contributed by atoms with Crippen molar-refractivity contribution < 1.29 is 14.3 Å². The molecule has 3 N–H and O–H groups in total. The minimum absolute atomic E-state index is 0.243. The number of aromatic amines is 1. The van der Waals surface area contributed by atoms with Crippen LogP contribution in [-0.4, -0.2) is 55.1 Å². The van der Waals surface area contributed by atoms with Crippen molar-refractivity contribution in [3.63, 3.8) is 0 Å². The minimum Gasteiger partial charge on any atom is -0.497 e. The topological polar surface area (TPSA) is 86.5 Å². The largest absolute Gasteiger partial charge is 0.497 e. The summed E-state index contributed by atoms with van der Waals surface area (Å²) in [6.07, 6.45) is 4.82. The summed E-state index contributed by atoms with van der Waals surface area (Å²) in [7, 11) is 1.68. The first-order chi connectivity index (χ1) is 15.1. The summed E-state index contributed by atoms with van der Waals surface area (Å²) in [4.78, 5) is 30.8. The highest BCUT2D eigenvalue weighted by atomic mass is 32.1. The van der Waals surface area contributed by atoms with Crippen LogP contribution in [0.25, 0.3) is 10.9 Å². The second-order valence-corrected chi connectivity index (χ2v) is 8.87. The van der Waals surface area contributed by atoms with Crippen molar-refractivity contribution in [1.82, 2.24) is 20.5 Å². The molecular weight excluding hydrogens is 412 g/mol. The quantitative estimate of drug-likeness (QED) is 0.525. The van der Waals surface area contributed by atoms with Gasteiger partial charge in [-0.2, -0.15) is 0 Å². The van der Waals surface area contributed by atoms with Crippen LogP contribution in [0.3, 0.4) is 0 Å². The van der Waals surface area contributed by atoms with E-state index in [1.165, 1.54) is 15.8 Å². The molecule has 7 nitrogen and oxygen atoms in total. The number of rotatable bonds is 7. The highest BCUT2D eigenvalue weighted by molar-refractivity contribution is 7.09. The molecule has 0 bridgehead atoms. The highest BCUT2D eigenvalue weighted by Gasteiger charge is 2.24. The van der Waals surface area contributed by atoms with Gasteiger partial charge in [0, 0.05) is 28.5 Å². The van der Waals surface area contributed by atoms with Crippen molar-refractivity contribution in [2.24, 2.45) is 0 Å². The minimum atomic E-state index is -0.427. The molecule has 164 valence electrons. The molecule has 3 heterocycles. The lowest BCUT2D eigenvalue weighted by Gasteiger charge is -2.31. The van der Waals surface area contributed by atoms with Crippen LogP contribution < -0.4 is 15.4 Å². The number of hydrogen-bond acceptors (Lipinski definition) is 5. The van der Waals surface area contributed by atoms with Gasteiger partial charge in [-0.15, -0.1) is 11.3 Å². The number of hydrogen-bond donors (Lipinski definition) is 3. The lowest BCUT2D eigenvalue weighted by Crippen LogP contribution is -2.46. The van der Waals surface area contributed by atoms with Gasteiger partial charge in [0.05, 0.1) is 13.7 Å². The number of urea groups is 1. The monoisotopic (exact) mass is 440 g/mol. The van der Waals surface area contributed by atoms with E-state index in [2.05, 4.69) is 32.8 Å². The molecule has 1 saturated heterocycles. The van der Waals surface area contributed by atoms with Crippen LogP contribution in [0, 0.1) is 0 Å². The number of carbonyl (C=O) groups is 2. The van der Waals surface area contributed by atoms with Gasteiger partial charge < -0.3 is 15.0 Å². The molecule has 1 aliphatic rings. The predicted octanol–water partition coefficient (Wildman–Crippen LogP) is 3.49. The molecule has 1 aromatic carbocycles. The van der Waals surface area contributed by atoms with Gasteiger partial charge in [0.25, 0.3) is 0 Å². The lowest BCUT2D eigenvalue weighted by atomic mass is 9.89. The van der Waals surface area contributed by atoms with E-state index >= 15 is 0 Å². The van der Waals surface area contributed by atoms with E-state index in [0.29, 0.717) is 12.5 Å². The van der Waals surface area contributed by atoms with Crippen molar-refractivity contribution in [2.75, 3.05) is 33.3 Å². The molecule has 8 heteroatoms. The number of likely N-dealkylation sites (tertiary alicyclic amines) is 1. The Morgan fingerprint density at radius 1 is 1.26 bits per heavy atom. The zero-order valence-electron chi connectivity index (χ0n) is 17.6. The Labute approximate surface area is 185 Å². The molecule has 0 aliphatic carbocycles. The molecule has 31 heavy (non-hydrogen) atoms. The van der Waals surface area contributed by atoms with Crippen LogP contribution in [0.4, 0.5) is 4.79 Å². The molecule has 3 amide bonds. The number of nitrogens with one attached hydrogen (secondary N) is 3. The van der Waals surface area contributed by atoms with Gasteiger partial charge in [0.15, 0.2) is 0 Å². The number of piperidine rings is 1. The third kappa shape index (κ3) is 5.45. The molecule has 4 rings (SSSR count). The number of benzene rings is 1. The summed E-state index contributed by atoms with van der Waals surface area (Å²) in [6, 6.07) is 9.68. The zero-order valence-corrected chi connectivity index (χ0v) is 18.5. The SMILES string of the molecule is COc1ccc2[nH]cc(C3CCN(CC(=O)NC(=O)NCCc4cccs4)CC3)c2c1. The molecule has 2 aromatic heterocycles. The number of nitrogens with zero attached hydrogens (tertiary/aromatic N) is 1. The Kier molecular flexibility index (Phi) is 6.89. The molecule has 1 aliphatic heterocycles. The van der Waals surface area contributed by atoms with E-state index in [9.17, 15) is 9.59 Å². The van der Waals surface area contributed by atoms with Gasteiger partial charge in [-0.3, -0.25) is 15.0 Å². The van der Waals surface area contributed by atoms with E-state index in [-0.39, 0.29) is 12.5 Å². The summed E-state index contributed by atoms with van der Waals surface area (Å²) >= 11 is 1.66. The number of imide groups is 1. The number of fused-ring (bicyclic) bond motifs is 1. The van der Waals surface area contributed by atoms with Gasteiger partial charge in [-0.25, -0.2) is 4.79 Å². The zero-order chi connectivity index (χ0) is 21.6. The first kappa shape index (κ1) is 21.4. The molecule has 0 atom stereocenters. The van der Waals surface area contributed by atoms with Crippen molar-refractivity contribution >= 4 is 34.2 Å². The third-order valence-corrected chi connectivity index (χ3v) is 6.74. The first-order valence-corrected chi connectivity index (χ1v) is 11.5. The molecule has 1 fully saturated rings.